The van der Waals surface area contributed by atoms with Crippen LogP contribution in [-0.2, 0) is 6.42 Å². The number of hydrogen-bond acceptors (Lipinski definition) is 2. The van der Waals surface area contributed by atoms with Gasteiger partial charge in [-0.05, 0) is 49.4 Å². The summed E-state index contributed by atoms with van der Waals surface area (Å²) in [6, 6.07) is 6.09. The maximum absolute atomic E-state index is 9.49. The van der Waals surface area contributed by atoms with Crippen LogP contribution in [0.4, 0.5) is 0 Å². The highest BCUT2D eigenvalue weighted by Crippen LogP contribution is 2.18. The minimum absolute atomic E-state index is 0.175. The Hall–Kier alpha value is -1.02. The summed E-state index contributed by atoms with van der Waals surface area (Å²) in [5, 5.41) is 9.49. The van der Waals surface area contributed by atoms with Crippen LogP contribution in [0.25, 0.3) is 0 Å². The predicted octanol–water partition coefficient (Wildman–Crippen LogP) is 2.71. The minimum Gasteiger partial charge on any atom is -0.497 e. The van der Waals surface area contributed by atoms with Crippen molar-refractivity contribution in [1.29, 1.82) is 0 Å². The second kappa shape index (κ2) is 5.76. The third-order valence-corrected chi connectivity index (χ3v) is 2.77. The number of aryl methyl sites for hydroxylation is 2. The van der Waals surface area contributed by atoms with E-state index in [0.29, 0.717) is 0 Å². The summed E-state index contributed by atoms with van der Waals surface area (Å²) >= 11 is 0. The van der Waals surface area contributed by atoms with Crippen LogP contribution in [0.1, 0.15) is 30.9 Å². The van der Waals surface area contributed by atoms with Gasteiger partial charge in [-0.3, -0.25) is 0 Å². The molecule has 0 aromatic heterocycles. The third-order valence-electron chi connectivity index (χ3n) is 2.77. The number of ether oxygens (including phenoxy) is 1. The van der Waals surface area contributed by atoms with Gasteiger partial charge in [-0.2, -0.15) is 0 Å². The number of aliphatic hydroxyl groups excluding tert-OH is 1. The van der Waals surface area contributed by atoms with Gasteiger partial charge in [-0.25, -0.2) is 0 Å². The molecule has 1 rings (SSSR count). The highest BCUT2D eigenvalue weighted by atomic mass is 16.5. The van der Waals surface area contributed by atoms with Crippen LogP contribution >= 0.6 is 0 Å². The first-order valence-electron chi connectivity index (χ1n) is 5.49. The summed E-state index contributed by atoms with van der Waals surface area (Å²) in [5.74, 6) is 0.896. The molecule has 0 spiro atoms. The zero-order valence-electron chi connectivity index (χ0n) is 9.79. The maximum Gasteiger partial charge on any atom is 0.119 e. The summed E-state index contributed by atoms with van der Waals surface area (Å²) in [7, 11) is 1.68. The van der Waals surface area contributed by atoms with Gasteiger partial charge in [0.25, 0.3) is 0 Å². The van der Waals surface area contributed by atoms with Gasteiger partial charge in [0.05, 0.1) is 13.2 Å². The van der Waals surface area contributed by atoms with Crippen LogP contribution in [0.5, 0.6) is 5.75 Å². The Morgan fingerprint density at radius 1 is 1.40 bits per heavy atom. The number of methoxy groups -OCH3 is 1. The van der Waals surface area contributed by atoms with E-state index in [1.165, 1.54) is 11.1 Å². The molecule has 0 amide bonds. The Morgan fingerprint density at radius 2 is 2.13 bits per heavy atom. The SMILES string of the molecule is CCC(O)CCc1ccc(OC)cc1C. The van der Waals surface area contributed by atoms with Crippen LogP contribution < -0.4 is 4.74 Å². The lowest BCUT2D eigenvalue weighted by atomic mass is 10.0. The summed E-state index contributed by atoms with van der Waals surface area (Å²) in [6.07, 6.45) is 2.43. The zero-order chi connectivity index (χ0) is 11.3. The second-order valence-corrected chi connectivity index (χ2v) is 3.89. The van der Waals surface area contributed by atoms with Crippen molar-refractivity contribution >= 4 is 0 Å². The van der Waals surface area contributed by atoms with Crippen molar-refractivity contribution < 1.29 is 9.84 Å². The van der Waals surface area contributed by atoms with E-state index < -0.39 is 0 Å². The molecule has 0 saturated heterocycles. The van der Waals surface area contributed by atoms with E-state index in [0.717, 1.165) is 25.0 Å². The average molecular weight is 208 g/mol. The van der Waals surface area contributed by atoms with Crippen LogP contribution in [0.2, 0.25) is 0 Å². The van der Waals surface area contributed by atoms with Crippen molar-refractivity contribution in [2.24, 2.45) is 0 Å². The van der Waals surface area contributed by atoms with E-state index in [2.05, 4.69) is 13.0 Å². The molecular weight excluding hydrogens is 188 g/mol. The van der Waals surface area contributed by atoms with Gasteiger partial charge in [-0.1, -0.05) is 13.0 Å². The molecule has 1 N–H and O–H groups in total. The van der Waals surface area contributed by atoms with Gasteiger partial charge in [0.15, 0.2) is 0 Å². The second-order valence-electron chi connectivity index (χ2n) is 3.89. The minimum atomic E-state index is -0.175. The molecule has 0 radical (unpaired) electrons. The van der Waals surface area contributed by atoms with Crippen molar-refractivity contribution in [1.82, 2.24) is 0 Å². The molecular formula is C13H20O2. The number of hydrogen-bond donors (Lipinski definition) is 1. The van der Waals surface area contributed by atoms with Crippen molar-refractivity contribution in [2.45, 2.75) is 39.2 Å². The molecule has 0 aliphatic rings. The van der Waals surface area contributed by atoms with Gasteiger partial charge < -0.3 is 9.84 Å². The Bertz CT molecular complexity index is 307. The van der Waals surface area contributed by atoms with E-state index in [1.807, 2.05) is 19.1 Å². The fraction of sp³-hybridized carbons (Fsp3) is 0.538. The van der Waals surface area contributed by atoms with Crippen LogP contribution in [0, 0.1) is 6.92 Å². The fourth-order valence-electron chi connectivity index (χ4n) is 1.60. The van der Waals surface area contributed by atoms with Gasteiger partial charge in [0, 0.05) is 0 Å². The van der Waals surface area contributed by atoms with Gasteiger partial charge in [0.1, 0.15) is 5.75 Å². The van der Waals surface area contributed by atoms with Crippen LogP contribution in [-0.4, -0.2) is 18.3 Å². The molecule has 1 aromatic rings. The molecule has 1 unspecified atom stereocenters. The number of benzene rings is 1. The van der Waals surface area contributed by atoms with E-state index >= 15 is 0 Å². The molecule has 0 bridgehead atoms. The molecule has 1 atom stereocenters. The molecule has 2 heteroatoms. The quantitative estimate of drug-likeness (QED) is 0.806. The maximum atomic E-state index is 9.49. The van der Waals surface area contributed by atoms with Gasteiger partial charge in [0.2, 0.25) is 0 Å². The lowest BCUT2D eigenvalue weighted by molar-refractivity contribution is 0.160. The van der Waals surface area contributed by atoms with E-state index in [1.54, 1.807) is 7.11 Å². The topological polar surface area (TPSA) is 29.5 Å². The first kappa shape index (κ1) is 12.1. The lowest BCUT2D eigenvalue weighted by Gasteiger charge is -2.10. The average Bonchev–Trinajstić information content (AvgIpc) is 2.26. The van der Waals surface area contributed by atoms with Crippen molar-refractivity contribution in [3.63, 3.8) is 0 Å². The van der Waals surface area contributed by atoms with Crippen molar-refractivity contribution in [2.75, 3.05) is 7.11 Å². The monoisotopic (exact) mass is 208 g/mol. The normalized spacial score (nSPS) is 12.5. The summed E-state index contributed by atoms with van der Waals surface area (Å²) in [4.78, 5) is 0. The highest BCUT2D eigenvalue weighted by Gasteiger charge is 2.04. The largest absolute Gasteiger partial charge is 0.497 e. The van der Waals surface area contributed by atoms with Gasteiger partial charge in [-0.15, -0.1) is 0 Å². The van der Waals surface area contributed by atoms with Gasteiger partial charge >= 0.3 is 0 Å². The van der Waals surface area contributed by atoms with Crippen molar-refractivity contribution in [3.05, 3.63) is 29.3 Å². The Labute approximate surface area is 91.9 Å². The molecule has 0 aliphatic carbocycles. The Kier molecular flexibility index (Phi) is 4.63. The first-order valence-corrected chi connectivity index (χ1v) is 5.49. The standard InChI is InChI=1S/C13H20O2/c1-4-12(14)7-5-11-6-8-13(15-3)9-10(11)2/h6,8-9,12,14H,4-5,7H2,1-3H3. The zero-order valence-corrected chi connectivity index (χ0v) is 9.79. The number of rotatable bonds is 5. The van der Waals surface area contributed by atoms with Crippen LogP contribution in [0.15, 0.2) is 18.2 Å². The molecule has 15 heavy (non-hydrogen) atoms. The molecule has 84 valence electrons. The van der Waals surface area contributed by atoms with Crippen LogP contribution in [0.3, 0.4) is 0 Å². The van der Waals surface area contributed by atoms with Crippen molar-refractivity contribution in [3.8, 4) is 5.75 Å². The molecule has 0 fully saturated rings. The molecule has 1 aromatic carbocycles. The summed E-state index contributed by atoms with van der Waals surface area (Å²) in [6.45, 7) is 4.09. The fourth-order valence-corrected chi connectivity index (χ4v) is 1.60. The van der Waals surface area contributed by atoms with E-state index in [-0.39, 0.29) is 6.10 Å². The molecule has 2 nitrogen and oxygen atoms in total. The third kappa shape index (κ3) is 3.56. The highest BCUT2D eigenvalue weighted by molar-refractivity contribution is 5.34. The van der Waals surface area contributed by atoms with E-state index in [9.17, 15) is 5.11 Å². The molecule has 0 heterocycles. The number of aliphatic hydroxyl groups is 1. The molecule has 0 saturated carbocycles. The smallest absolute Gasteiger partial charge is 0.119 e. The Morgan fingerprint density at radius 3 is 2.67 bits per heavy atom. The Balaban J connectivity index is 2.62. The lowest BCUT2D eigenvalue weighted by Crippen LogP contribution is -2.06. The summed E-state index contributed by atoms with van der Waals surface area (Å²) in [5.41, 5.74) is 2.53. The summed E-state index contributed by atoms with van der Waals surface area (Å²) < 4.78 is 5.15. The predicted molar refractivity (Wildman–Crippen MR) is 62.3 cm³/mol. The van der Waals surface area contributed by atoms with E-state index in [4.69, 9.17) is 4.74 Å². The first-order chi connectivity index (χ1) is 7.17. The molecule has 0 aliphatic heterocycles.